The van der Waals surface area contributed by atoms with Crippen molar-refractivity contribution in [1.82, 2.24) is 0 Å². The van der Waals surface area contributed by atoms with Crippen LogP contribution in [-0.2, 0) is 14.8 Å². The molecule has 2 aromatic carbocycles. The van der Waals surface area contributed by atoms with Gasteiger partial charge in [0.05, 0.1) is 41.3 Å². The van der Waals surface area contributed by atoms with Gasteiger partial charge in [-0.15, -0.1) is 0 Å². The number of nitro benzene ring substituents is 1. The van der Waals surface area contributed by atoms with E-state index < -0.39 is 20.9 Å². The number of benzene rings is 2. The number of aryl methyl sites for hydroxylation is 1. The molecule has 30 heavy (non-hydrogen) atoms. The van der Waals surface area contributed by atoms with Gasteiger partial charge in [0.25, 0.3) is 11.6 Å². The van der Waals surface area contributed by atoms with Crippen molar-refractivity contribution < 1.29 is 22.9 Å². The first-order chi connectivity index (χ1) is 14.1. The van der Waals surface area contributed by atoms with Gasteiger partial charge < -0.3 is 15.0 Å². The Bertz CT molecular complexity index is 1080. The fourth-order valence-corrected chi connectivity index (χ4v) is 3.73. The lowest BCUT2D eigenvalue weighted by molar-refractivity contribution is -0.384. The molecule has 0 radical (unpaired) electrons. The Morgan fingerprint density at radius 3 is 2.50 bits per heavy atom. The number of hydrogen-bond acceptors (Lipinski definition) is 7. The summed E-state index contributed by atoms with van der Waals surface area (Å²) in [6.07, 6.45) is 1.04. The van der Waals surface area contributed by atoms with Crippen molar-refractivity contribution in [2.45, 2.75) is 6.92 Å². The number of amides is 1. The maximum absolute atomic E-state index is 13.0. The second kappa shape index (κ2) is 8.67. The molecule has 1 heterocycles. The third kappa shape index (κ3) is 5.24. The molecule has 10 nitrogen and oxygen atoms in total. The highest BCUT2D eigenvalue weighted by molar-refractivity contribution is 7.92. The monoisotopic (exact) mass is 434 g/mol. The van der Waals surface area contributed by atoms with E-state index in [-0.39, 0.29) is 11.3 Å². The largest absolute Gasteiger partial charge is 0.378 e. The molecule has 1 amide bonds. The number of carbonyl (C=O) groups excluding carboxylic acids is 1. The number of sulfonamides is 1. The van der Waals surface area contributed by atoms with Crippen LogP contribution in [0.5, 0.6) is 0 Å². The quantitative estimate of drug-likeness (QED) is 0.527. The summed E-state index contributed by atoms with van der Waals surface area (Å²) in [7, 11) is -3.49. The topological polar surface area (TPSA) is 131 Å². The van der Waals surface area contributed by atoms with E-state index in [0.29, 0.717) is 48.9 Å². The Kier molecular flexibility index (Phi) is 6.22. The summed E-state index contributed by atoms with van der Waals surface area (Å²) in [5.74, 6) is -0.533. The minimum atomic E-state index is -3.49. The van der Waals surface area contributed by atoms with E-state index in [4.69, 9.17) is 4.74 Å². The van der Waals surface area contributed by atoms with E-state index in [1.807, 2.05) is 4.90 Å². The normalized spacial score (nSPS) is 14.3. The van der Waals surface area contributed by atoms with Crippen LogP contribution in [-0.4, -0.2) is 51.8 Å². The molecule has 2 aromatic rings. The average molecular weight is 434 g/mol. The van der Waals surface area contributed by atoms with Crippen LogP contribution in [0.4, 0.5) is 22.7 Å². The number of non-ortho nitro benzene ring substituents is 1. The molecule has 0 bridgehead atoms. The smallest absolute Gasteiger partial charge is 0.270 e. The number of nitrogens with zero attached hydrogens (tertiary/aromatic N) is 2. The number of ether oxygens (including phenoxy) is 1. The Balaban J connectivity index is 1.93. The standard InChI is InChI=1S/C19H22N4O6S/c1-13-3-4-14(11-17(13)21-30(2,27)28)20-19(24)16-12-15(23(25)26)5-6-18(16)22-7-9-29-10-8-22/h3-6,11-12,21H,7-10H2,1-2H3,(H,20,24). The van der Waals surface area contributed by atoms with Crippen LogP contribution in [0.25, 0.3) is 0 Å². The summed E-state index contributed by atoms with van der Waals surface area (Å²) in [6, 6.07) is 8.96. The van der Waals surface area contributed by atoms with E-state index in [0.717, 1.165) is 6.26 Å². The highest BCUT2D eigenvalue weighted by Gasteiger charge is 2.22. The molecule has 1 aliphatic heterocycles. The fourth-order valence-electron chi connectivity index (χ4n) is 3.11. The van der Waals surface area contributed by atoms with Gasteiger partial charge in [0.1, 0.15) is 0 Å². The van der Waals surface area contributed by atoms with E-state index >= 15 is 0 Å². The Labute approximate surface area is 174 Å². The van der Waals surface area contributed by atoms with Gasteiger partial charge >= 0.3 is 0 Å². The van der Waals surface area contributed by atoms with Crippen LogP contribution in [0.1, 0.15) is 15.9 Å². The first-order valence-electron chi connectivity index (χ1n) is 9.15. The maximum Gasteiger partial charge on any atom is 0.270 e. The van der Waals surface area contributed by atoms with E-state index in [2.05, 4.69) is 10.0 Å². The molecule has 0 atom stereocenters. The molecular weight excluding hydrogens is 412 g/mol. The van der Waals surface area contributed by atoms with Crippen molar-refractivity contribution in [1.29, 1.82) is 0 Å². The van der Waals surface area contributed by atoms with Crippen molar-refractivity contribution in [3.05, 3.63) is 57.6 Å². The summed E-state index contributed by atoms with van der Waals surface area (Å²) >= 11 is 0. The lowest BCUT2D eigenvalue weighted by atomic mass is 10.1. The van der Waals surface area contributed by atoms with Gasteiger partial charge in [0.15, 0.2) is 0 Å². The molecule has 1 aliphatic rings. The summed E-state index contributed by atoms with van der Waals surface area (Å²) < 4.78 is 30.8. The van der Waals surface area contributed by atoms with E-state index in [1.165, 1.54) is 18.2 Å². The zero-order chi connectivity index (χ0) is 21.9. The number of carbonyl (C=O) groups is 1. The maximum atomic E-state index is 13.0. The molecular formula is C19H22N4O6S. The predicted molar refractivity (Wildman–Crippen MR) is 114 cm³/mol. The van der Waals surface area contributed by atoms with Gasteiger partial charge in [-0.3, -0.25) is 19.6 Å². The molecule has 160 valence electrons. The Morgan fingerprint density at radius 2 is 1.87 bits per heavy atom. The second-order valence-electron chi connectivity index (χ2n) is 6.92. The number of rotatable bonds is 6. The van der Waals surface area contributed by atoms with Crippen molar-refractivity contribution in [3.63, 3.8) is 0 Å². The van der Waals surface area contributed by atoms with Crippen LogP contribution in [0.15, 0.2) is 36.4 Å². The van der Waals surface area contributed by atoms with Crippen LogP contribution < -0.4 is 14.9 Å². The third-order valence-corrected chi connectivity index (χ3v) is 5.17. The minimum Gasteiger partial charge on any atom is -0.378 e. The fraction of sp³-hybridized carbons (Fsp3) is 0.316. The number of nitro groups is 1. The molecule has 2 N–H and O–H groups in total. The zero-order valence-corrected chi connectivity index (χ0v) is 17.4. The van der Waals surface area contributed by atoms with Crippen molar-refractivity contribution in [3.8, 4) is 0 Å². The molecule has 1 fully saturated rings. The molecule has 1 saturated heterocycles. The number of anilines is 3. The SMILES string of the molecule is Cc1ccc(NC(=O)c2cc([N+](=O)[O-])ccc2N2CCOCC2)cc1NS(C)(=O)=O. The third-order valence-electron chi connectivity index (χ3n) is 4.58. The van der Waals surface area contributed by atoms with Crippen molar-refractivity contribution in [2.24, 2.45) is 0 Å². The molecule has 0 aromatic heterocycles. The van der Waals surface area contributed by atoms with Crippen LogP contribution in [0.3, 0.4) is 0 Å². The van der Waals surface area contributed by atoms with Gasteiger partial charge in [-0.25, -0.2) is 8.42 Å². The molecule has 0 spiro atoms. The summed E-state index contributed by atoms with van der Waals surface area (Å²) in [5.41, 5.74) is 1.91. The molecule has 0 aliphatic carbocycles. The van der Waals surface area contributed by atoms with E-state index in [9.17, 15) is 23.3 Å². The van der Waals surface area contributed by atoms with Gasteiger partial charge in [-0.05, 0) is 30.7 Å². The summed E-state index contributed by atoms with van der Waals surface area (Å²) in [4.78, 5) is 25.6. The zero-order valence-electron chi connectivity index (χ0n) is 16.5. The lowest BCUT2D eigenvalue weighted by Crippen LogP contribution is -2.37. The van der Waals surface area contributed by atoms with Crippen molar-refractivity contribution >= 4 is 38.7 Å². The number of morpholine rings is 1. The first-order valence-corrected chi connectivity index (χ1v) is 11.0. The minimum absolute atomic E-state index is 0.157. The van der Waals surface area contributed by atoms with Crippen LogP contribution in [0.2, 0.25) is 0 Å². The number of nitrogens with one attached hydrogen (secondary N) is 2. The number of hydrogen-bond donors (Lipinski definition) is 2. The molecule has 11 heteroatoms. The van der Waals surface area contributed by atoms with Crippen LogP contribution >= 0.6 is 0 Å². The first kappa shape index (κ1) is 21.5. The van der Waals surface area contributed by atoms with Gasteiger partial charge in [-0.2, -0.15) is 0 Å². The highest BCUT2D eigenvalue weighted by Crippen LogP contribution is 2.28. The highest BCUT2D eigenvalue weighted by atomic mass is 32.2. The summed E-state index contributed by atoms with van der Waals surface area (Å²) in [5, 5.41) is 13.9. The molecule has 0 saturated carbocycles. The van der Waals surface area contributed by atoms with Gasteiger partial charge in [0, 0.05) is 30.9 Å². The summed E-state index contributed by atoms with van der Waals surface area (Å²) in [6.45, 7) is 3.85. The average Bonchev–Trinajstić information content (AvgIpc) is 2.69. The van der Waals surface area contributed by atoms with E-state index in [1.54, 1.807) is 25.1 Å². The van der Waals surface area contributed by atoms with Crippen molar-refractivity contribution in [2.75, 3.05) is 47.5 Å². The molecule has 3 rings (SSSR count). The Hall–Kier alpha value is -3.18. The van der Waals surface area contributed by atoms with Gasteiger partial charge in [0.2, 0.25) is 10.0 Å². The lowest BCUT2D eigenvalue weighted by Gasteiger charge is -2.30. The Morgan fingerprint density at radius 1 is 1.17 bits per heavy atom. The van der Waals surface area contributed by atoms with Gasteiger partial charge in [-0.1, -0.05) is 6.07 Å². The predicted octanol–water partition coefficient (Wildman–Crippen LogP) is 2.36. The molecule has 0 unspecified atom stereocenters. The second-order valence-corrected chi connectivity index (χ2v) is 8.66. The van der Waals surface area contributed by atoms with Crippen LogP contribution in [0, 0.1) is 17.0 Å².